The van der Waals surface area contributed by atoms with Crippen molar-refractivity contribution in [2.45, 2.75) is 118 Å². The average Bonchev–Trinajstić information content (AvgIpc) is 3.15. The summed E-state index contributed by atoms with van der Waals surface area (Å²) in [6.07, 6.45) is 20.5. The predicted octanol–water partition coefficient (Wildman–Crippen LogP) is 9.39. The van der Waals surface area contributed by atoms with Crippen molar-refractivity contribution in [3.8, 4) is 0 Å². The van der Waals surface area contributed by atoms with Crippen molar-refractivity contribution >= 4 is 0 Å². The standard InChI is InChI=1S/C28H47/c1-7-8-9-10-13-25(19-26-16-22(4)17-26)20-28(21(2)3)24(6)18-23(5)27-14-11-12-15-27/h18,22,25-26H,2,7-17,19-20H2,1,3-6H3/b24-18-. The fraction of sp³-hybridized carbons (Fsp3) is 0.750. The second-order valence-corrected chi connectivity index (χ2v) is 10.2. The molecular formula is C28H47. The Labute approximate surface area is 177 Å². The van der Waals surface area contributed by atoms with Crippen LogP contribution in [0, 0.1) is 23.7 Å². The van der Waals surface area contributed by atoms with Crippen LogP contribution >= 0.6 is 0 Å². The van der Waals surface area contributed by atoms with Crippen LogP contribution in [-0.4, -0.2) is 0 Å². The summed E-state index contributed by atoms with van der Waals surface area (Å²) < 4.78 is 0. The van der Waals surface area contributed by atoms with Gasteiger partial charge in [0, 0.05) is 5.92 Å². The molecule has 1 radical (unpaired) electrons. The van der Waals surface area contributed by atoms with Crippen LogP contribution in [0.4, 0.5) is 0 Å². The van der Waals surface area contributed by atoms with Crippen molar-refractivity contribution in [3.63, 3.8) is 0 Å². The van der Waals surface area contributed by atoms with E-state index in [9.17, 15) is 0 Å². The fourth-order valence-corrected chi connectivity index (χ4v) is 5.57. The molecule has 0 aliphatic heterocycles. The number of allylic oxidation sites excluding steroid dienone is 5. The highest BCUT2D eigenvalue weighted by atomic mass is 14.3. The van der Waals surface area contributed by atoms with E-state index in [0.29, 0.717) is 0 Å². The number of hydrogen-bond acceptors (Lipinski definition) is 0. The monoisotopic (exact) mass is 383 g/mol. The zero-order valence-electron chi connectivity index (χ0n) is 19.7. The molecule has 0 aromatic carbocycles. The summed E-state index contributed by atoms with van der Waals surface area (Å²) in [5.74, 6) is 4.36. The normalized spacial score (nSPS) is 23.8. The molecule has 0 spiro atoms. The Morgan fingerprint density at radius 3 is 2.32 bits per heavy atom. The SMILES string of the molecule is C=C(C)[C](CC(CCCCCC)CC1CC(C)C1)/C(C)=C\C(C)=C1CCCC1. The molecule has 2 rings (SSSR count). The topological polar surface area (TPSA) is 0 Å². The Balaban J connectivity index is 2.02. The smallest absolute Gasteiger partial charge is 0.0249 e. The van der Waals surface area contributed by atoms with Gasteiger partial charge in [0.15, 0.2) is 0 Å². The van der Waals surface area contributed by atoms with Crippen LogP contribution in [0.3, 0.4) is 0 Å². The maximum absolute atomic E-state index is 4.38. The van der Waals surface area contributed by atoms with E-state index in [1.165, 1.54) is 100 Å². The first-order chi connectivity index (χ1) is 13.4. The third kappa shape index (κ3) is 7.57. The van der Waals surface area contributed by atoms with Crippen LogP contribution in [0.2, 0.25) is 0 Å². The van der Waals surface area contributed by atoms with E-state index in [2.05, 4.69) is 47.3 Å². The quantitative estimate of drug-likeness (QED) is 0.294. The Kier molecular flexibility index (Phi) is 10.1. The van der Waals surface area contributed by atoms with Gasteiger partial charge in [-0.05, 0) is 89.9 Å². The average molecular weight is 384 g/mol. The first kappa shape index (κ1) is 23.5. The summed E-state index contributed by atoms with van der Waals surface area (Å²) in [6, 6.07) is 0. The molecule has 0 N–H and O–H groups in total. The third-order valence-corrected chi connectivity index (χ3v) is 7.29. The molecule has 2 aliphatic carbocycles. The van der Waals surface area contributed by atoms with Gasteiger partial charge in [0.25, 0.3) is 0 Å². The van der Waals surface area contributed by atoms with Crippen molar-refractivity contribution in [2.75, 3.05) is 0 Å². The van der Waals surface area contributed by atoms with Gasteiger partial charge in [0.2, 0.25) is 0 Å². The molecule has 0 heteroatoms. The fourth-order valence-electron chi connectivity index (χ4n) is 5.57. The Morgan fingerprint density at radius 1 is 1.07 bits per heavy atom. The molecule has 0 bridgehead atoms. The van der Waals surface area contributed by atoms with Crippen LogP contribution in [0.15, 0.2) is 34.9 Å². The van der Waals surface area contributed by atoms with E-state index in [-0.39, 0.29) is 0 Å². The Hall–Kier alpha value is -0.780. The molecule has 0 aromatic heterocycles. The van der Waals surface area contributed by atoms with Crippen LogP contribution in [0.5, 0.6) is 0 Å². The molecular weight excluding hydrogens is 336 g/mol. The number of rotatable bonds is 12. The van der Waals surface area contributed by atoms with Crippen molar-refractivity contribution in [3.05, 3.63) is 40.9 Å². The molecule has 2 fully saturated rings. The molecule has 0 saturated heterocycles. The molecule has 0 amide bonds. The van der Waals surface area contributed by atoms with Gasteiger partial charge in [-0.1, -0.05) is 80.9 Å². The maximum Gasteiger partial charge on any atom is 0.0249 e. The molecule has 0 aromatic rings. The molecule has 0 heterocycles. The van der Waals surface area contributed by atoms with E-state index in [1.54, 1.807) is 11.5 Å². The van der Waals surface area contributed by atoms with Crippen molar-refractivity contribution in [1.82, 2.24) is 0 Å². The molecule has 159 valence electrons. The number of unbranched alkanes of at least 4 members (excludes halogenated alkanes) is 3. The van der Waals surface area contributed by atoms with Gasteiger partial charge in [0.05, 0.1) is 0 Å². The van der Waals surface area contributed by atoms with Gasteiger partial charge >= 0.3 is 0 Å². The second kappa shape index (κ2) is 12.0. The van der Waals surface area contributed by atoms with Gasteiger partial charge in [0.1, 0.15) is 0 Å². The summed E-state index contributed by atoms with van der Waals surface area (Å²) in [7, 11) is 0. The first-order valence-electron chi connectivity index (χ1n) is 12.3. The third-order valence-electron chi connectivity index (χ3n) is 7.29. The van der Waals surface area contributed by atoms with E-state index in [4.69, 9.17) is 0 Å². The lowest BCUT2D eigenvalue weighted by Crippen LogP contribution is -2.24. The lowest BCUT2D eigenvalue weighted by molar-refractivity contribution is 0.166. The van der Waals surface area contributed by atoms with E-state index in [0.717, 1.165) is 17.8 Å². The predicted molar refractivity (Wildman–Crippen MR) is 126 cm³/mol. The lowest BCUT2D eigenvalue weighted by Gasteiger charge is -2.36. The zero-order chi connectivity index (χ0) is 20.5. The van der Waals surface area contributed by atoms with Crippen molar-refractivity contribution in [2.24, 2.45) is 17.8 Å². The van der Waals surface area contributed by atoms with E-state index < -0.39 is 0 Å². The minimum absolute atomic E-state index is 0.851. The van der Waals surface area contributed by atoms with Crippen LogP contribution < -0.4 is 0 Å². The summed E-state index contributed by atoms with van der Waals surface area (Å²) in [5, 5.41) is 0. The van der Waals surface area contributed by atoms with Crippen LogP contribution in [-0.2, 0) is 0 Å². The highest BCUT2D eigenvalue weighted by molar-refractivity contribution is 5.41. The Morgan fingerprint density at radius 2 is 1.75 bits per heavy atom. The highest BCUT2D eigenvalue weighted by Crippen LogP contribution is 2.42. The lowest BCUT2D eigenvalue weighted by atomic mass is 9.69. The number of hydrogen-bond donors (Lipinski definition) is 0. The second-order valence-electron chi connectivity index (χ2n) is 10.2. The minimum atomic E-state index is 0.851. The minimum Gasteiger partial charge on any atom is -0.0992 e. The molecule has 28 heavy (non-hydrogen) atoms. The molecule has 2 saturated carbocycles. The van der Waals surface area contributed by atoms with Crippen LogP contribution in [0.1, 0.15) is 118 Å². The largest absolute Gasteiger partial charge is 0.0992 e. The summed E-state index contributed by atoms with van der Waals surface area (Å²) in [5.41, 5.74) is 5.99. The highest BCUT2D eigenvalue weighted by Gasteiger charge is 2.29. The summed E-state index contributed by atoms with van der Waals surface area (Å²) in [6.45, 7) is 16.0. The zero-order valence-corrected chi connectivity index (χ0v) is 19.7. The summed E-state index contributed by atoms with van der Waals surface area (Å²) >= 11 is 0. The van der Waals surface area contributed by atoms with Gasteiger partial charge in [-0.15, -0.1) is 0 Å². The van der Waals surface area contributed by atoms with Gasteiger partial charge in [-0.3, -0.25) is 0 Å². The van der Waals surface area contributed by atoms with Crippen molar-refractivity contribution < 1.29 is 0 Å². The van der Waals surface area contributed by atoms with Gasteiger partial charge < -0.3 is 0 Å². The van der Waals surface area contributed by atoms with Crippen LogP contribution in [0.25, 0.3) is 0 Å². The molecule has 2 aliphatic rings. The van der Waals surface area contributed by atoms with Gasteiger partial charge in [-0.25, -0.2) is 0 Å². The summed E-state index contributed by atoms with van der Waals surface area (Å²) in [4.78, 5) is 0. The molecule has 0 nitrogen and oxygen atoms in total. The van der Waals surface area contributed by atoms with E-state index >= 15 is 0 Å². The van der Waals surface area contributed by atoms with E-state index in [1.807, 2.05) is 0 Å². The maximum atomic E-state index is 4.38. The molecule has 1 unspecified atom stereocenters. The Bertz CT molecular complexity index is 532. The van der Waals surface area contributed by atoms with Gasteiger partial charge in [-0.2, -0.15) is 0 Å². The van der Waals surface area contributed by atoms with Crippen molar-refractivity contribution in [1.29, 1.82) is 0 Å². The first-order valence-corrected chi connectivity index (χ1v) is 12.3. The molecule has 1 atom stereocenters.